The van der Waals surface area contributed by atoms with Gasteiger partial charge in [0.2, 0.25) is 0 Å². The van der Waals surface area contributed by atoms with E-state index in [0.29, 0.717) is 31.6 Å². The fourth-order valence-electron chi connectivity index (χ4n) is 9.50. The van der Waals surface area contributed by atoms with Crippen molar-refractivity contribution in [3.8, 4) is 0 Å². The fourth-order valence-corrected chi connectivity index (χ4v) is 11.1. The molecule has 0 fully saturated rings. The second kappa shape index (κ2) is 56.6. The van der Waals surface area contributed by atoms with E-state index >= 15 is 0 Å². The zero-order chi connectivity index (χ0) is 61.5. The van der Waals surface area contributed by atoms with Crippen molar-refractivity contribution in [3.63, 3.8) is 0 Å². The van der Waals surface area contributed by atoms with Gasteiger partial charge < -0.3 is 33.8 Å². The van der Waals surface area contributed by atoms with Crippen LogP contribution in [0.25, 0.3) is 0 Å². The normalized spacial score (nSPS) is 14.6. The number of unbranched alkanes of at least 4 members (excludes halogenated alkanes) is 32. The highest BCUT2D eigenvalue weighted by molar-refractivity contribution is 7.47. The minimum Gasteiger partial charge on any atom is -0.462 e. The van der Waals surface area contributed by atoms with Gasteiger partial charge in [-0.25, -0.2) is 9.13 Å². The minimum atomic E-state index is -4.94. The van der Waals surface area contributed by atoms with E-state index in [9.17, 15) is 43.2 Å². The summed E-state index contributed by atoms with van der Waals surface area (Å²) in [7, 11) is -9.89. The van der Waals surface area contributed by atoms with Crippen molar-refractivity contribution in [2.24, 2.45) is 11.8 Å². The van der Waals surface area contributed by atoms with Gasteiger partial charge in [0.1, 0.15) is 19.3 Å². The Kier molecular flexibility index (Phi) is 55.2. The number of carbonyl (C=O) groups is 4. The van der Waals surface area contributed by atoms with E-state index in [1.807, 2.05) is 0 Å². The molecule has 0 bridgehead atoms. The van der Waals surface area contributed by atoms with Gasteiger partial charge in [0.25, 0.3) is 0 Å². The molecular formula is C64H124O17P2. The highest BCUT2D eigenvalue weighted by atomic mass is 31.2. The van der Waals surface area contributed by atoms with Crippen molar-refractivity contribution < 1.29 is 80.2 Å². The lowest BCUT2D eigenvalue weighted by atomic mass is 9.99. The van der Waals surface area contributed by atoms with Crippen LogP contribution in [0.1, 0.15) is 318 Å². The number of aliphatic hydroxyl groups is 1. The number of rotatable bonds is 63. The SMILES string of the molecule is CCCCCCCCCCCCCCC(=O)OC[C@H](COP(=O)(O)OC[C@@H](O)COP(=O)(O)OC[C@@H](COC(=O)CCCCCCCCCCC)OC(=O)CCCCCCCCCC(C)C)OC(=O)CCCCCCCCCCC(C)CC. The van der Waals surface area contributed by atoms with Crippen LogP contribution < -0.4 is 0 Å². The van der Waals surface area contributed by atoms with Crippen LogP contribution in [0.2, 0.25) is 0 Å². The number of hydrogen-bond acceptors (Lipinski definition) is 15. The second-order valence-corrected chi connectivity index (χ2v) is 26.8. The van der Waals surface area contributed by atoms with Crippen LogP contribution >= 0.6 is 15.6 Å². The van der Waals surface area contributed by atoms with E-state index in [2.05, 4.69) is 41.5 Å². The van der Waals surface area contributed by atoms with Crippen molar-refractivity contribution in [1.82, 2.24) is 0 Å². The monoisotopic (exact) mass is 1230 g/mol. The van der Waals surface area contributed by atoms with Crippen molar-refractivity contribution >= 4 is 39.5 Å². The summed E-state index contributed by atoms with van der Waals surface area (Å²) in [6.07, 6.45) is 38.9. The van der Waals surface area contributed by atoms with Crippen LogP contribution in [0.4, 0.5) is 0 Å². The summed E-state index contributed by atoms with van der Waals surface area (Å²) in [5, 5.41) is 10.5. The fraction of sp³-hybridized carbons (Fsp3) is 0.938. The van der Waals surface area contributed by atoms with Crippen molar-refractivity contribution in [2.45, 2.75) is 336 Å². The molecule has 3 N–H and O–H groups in total. The largest absolute Gasteiger partial charge is 0.472 e. The molecule has 0 saturated heterocycles. The predicted octanol–water partition coefficient (Wildman–Crippen LogP) is 17.7. The van der Waals surface area contributed by atoms with Gasteiger partial charge in [0.05, 0.1) is 26.4 Å². The summed E-state index contributed by atoms with van der Waals surface area (Å²) in [5.74, 6) is -0.671. The Morgan fingerprint density at radius 2 is 0.614 bits per heavy atom. The van der Waals surface area contributed by atoms with Crippen LogP contribution in [0.15, 0.2) is 0 Å². The molecule has 0 radical (unpaired) electrons. The Morgan fingerprint density at radius 3 is 0.916 bits per heavy atom. The van der Waals surface area contributed by atoms with E-state index < -0.39 is 97.5 Å². The Labute approximate surface area is 505 Å². The number of phosphoric ester groups is 2. The molecule has 6 atom stereocenters. The number of phosphoric acid groups is 2. The average molecular weight is 1230 g/mol. The van der Waals surface area contributed by atoms with E-state index in [1.165, 1.54) is 135 Å². The van der Waals surface area contributed by atoms with E-state index in [-0.39, 0.29) is 25.7 Å². The molecule has 0 amide bonds. The van der Waals surface area contributed by atoms with E-state index in [4.69, 9.17) is 37.0 Å². The van der Waals surface area contributed by atoms with Crippen molar-refractivity contribution in [3.05, 3.63) is 0 Å². The first kappa shape index (κ1) is 81.1. The molecular weight excluding hydrogens is 1100 g/mol. The van der Waals surface area contributed by atoms with E-state index in [0.717, 1.165) is 95.8 Å². The van der Waals surface area contributed by atoms with Gasteiger partial charge in [-0.3, -0.25) is 37.3 Å². The van der Waals surface area contributed by atoms with Crippen LogP contribution in [-0.4, -0.2) is 96.7 Å². The molecule has 0 saturated carbocycles. The van der Waals surface area contributed by atoms with Crippen molar-refractivity contribution in [2.75, 3.05) is 39.6 Å². The summed E-state index contributed by atoms with van der Waals surface area (Å²) in [6.45, 7) is 9.41. The summed E-state index contributed by atoms with van der Waals surface area (Å²) in [5.41, 5.74) is 0. The lowest BCUT2D eigenvalue weighted by molar-refractivity contribution is -0.161. The van der Waals surface area contributed by atoms with E-state index in [1.54, 1.807) is 0 Å². The zero-order valence-corrected chi connectivity index (χ0v) is 55.3. The Morgan fingerprint density at radius 1 is 0.349 bits per heavy atom. The third kappa shape index (κ3) is 57.6. The maximum atomic E-state index is 13.0. The minimum absolute atomic E-state index is 0.103. The first-order chi connectivity index (χ1) is 39.9. The first-order valence-corrected chi connectivity index (χ1v) is 36.5. The van der Waals surface area contributed by atoms with Crippen molar-refractivity contribution in [1.29, 1.82) is 0 Å². The van der Waals surface area contributed by atoms with Gasteiger partial charge >= 0.3 is 39.5 Å². The molecule has 83 heavy (non-hydrogen) atoms. The van der Waals surface area contributed by atoms with Crippen LogP contribution in [0.3, 0.4) is 0 Å². The first-order valence-electron chi connectivity index (χ1n) is 33.5. The maximum Gasteiger partial charge on any atom is 0.472 e. The van der Waals surface area contributed by atoms with Gasteiger partial charge in [-0.05, 0) is 37.5 Å². The lowest BCUT2D eigenvalue weighted by Gasteiger charge is -2.21. The molecule has 0 aliphatic heterocycles. The van der Waals surface area contributed by atoms with Gasteiger partial charge in [0, 0.05) is 25.7 Å². The highest BCUT2D eigenvalue weighted by Crippen LogP contribution is 2.45. The molecule has 0 aliphatic rings. The molecule has 0 aromatic rings. The number of aliphatic hydroxyl groups excluding tert-OH is 1. The number of ether oxygens (including phenoxy) is 4. The molecule has 0 aromatic carbocycles. The molecule has 19 heteroatoms. The Hall–Kier alpha value is -1.94. The smallest absolute Gasteiger partial charge is 0.462 e. The van der Waals surface area contributed by atoms with Gasteiger partial charge in [0.15, 0.2) is 12.2 Å². The summed E-state index contributed by atoms with van der Waals surface area (Å²) in [6, 6.07) is 0. The molecule has 0 aliphatic carbocycles. The standard InChI is InChI=1S/C64H124O17P2/c1-7-10-12-14-16-18-19-20-22-29-35-41-47-62(67)75-52-59(80-63(68)48-42-36-30-24-23-27-33-39-45-57(6)9-3)54-78-82(70,71)76-50-58(65)51-77-83(72,73)79-55-60(53-74-61(66)46-40-34-28-21-17-15-13-11-8-2)81-64(69)49-43-37-31-25-26-32-38-44-56(4)5/h56-60,65H,7-55H2,1-6H3,(H,70,71)(H,72,73)/t57?,58-,59-,60-/m1/s1. The topological polar surface area (TPSA) is 237 Å². The molecule has 0 aromatic heterocycles. The number of esters is 4. The maximum absolute atomic E-state index is 13.0. The summed E-state index contributed by atoms with van der Waals surface area (Å²) < 4.78 is 68.0. The van der Waals surface area contributed by atoms with Gasteiger partial charge in [-0.1, -0.05) is 266 Å². The average Bonchev–Trinajstić information content (AvgIpc) is 3.45. The quantitative estimate of drug-likeness (QED) is 0.0222. The molecule has 0 spiro atoms. The van der Waals surface area contributed by atoms with Gasteiger partial charge in [-0.15, -0.1) is 0 Å². The summed E-state index contributed by atoms with van der Waals surface area (Å²) >= 11 is 0. The van der Waals surface area contributed by atoms with Crippen LogP contribution in [0.5, 0.6) is 0 Å². The molecule has 0 heterocycles. The number of hydrogen-bond donors (Lipinski definition) is 3. The second-order valence-electron chi connectivity index (χ2n) is 23.9. The Balaban J connectivity index is 5.25. The van der Waals surface area contributed by atoms with Crippen LogP contribution in [-0.2, 0) is 65.4 Å². The highest BCUT2D eigenvalue weighted by Gasteiger charge is 2.30. The molecule has 3 unspecified atom stereocenters. The van der Waals surface area contributed by atoms with Gasteiger partial charge in [-0.2, -0.15) is 0 Å². The summed E-state index contributed by atoms with van der Waals surface area (Å²) in [4.78, 5) is 72.2. The molecule has 0 rings (SSSR count). The third-order valence-corrected chi connectivity index (χ3v) is 17.0. The Bertz CT molecular complexity index is 1630. The predicted molar refractivity (Wildman–Crippen MR) is 331 cm³/mol. The third-order valence-electron chi connectivity index (χ3n) is 15.1. The lowest BCUT2D eigenvalue weighted by Crippen LogP contribution is -2.30. The molecule has 492 valence electrons. The molecule has 17 nitrogen and oxygen atoms in total. The number of carbonyl (C=O) groups excluding carboxylic acids is 4. The zero-order valence-electron chi connectivity index (χ0n) is 53.5. The van der Waals surface area contributed by atoms with Crippen LogP contribution in [0, 0.1) is 11.8 Å².